The van der Waals surface area contributed by atoms with E-state index in [1.807, 2.05) is 0 Å². The van der Waals surface area contributed by atoms with Gasteiger partial charge in [0.15, 0.2) is 0 Å². The van der Waals surface area contributed by atoms with Gasteiger partial charge in [0.1, 0.15) is 5.75 Å². The topological polar surface area (TPSA) is 9.23 Å². The van der Waals surface area contributed by atoms with Gasteiger partial charge in [-0.3, -0.25) is 0 Å². The van der Waals surface area contributed by atoms with Crippen molar-refractivity contribution in [2.24, 2.45) is 11.3 Å². The van der Waals surface area contributed by atoms with Crippen LogP contribution in [-0.2, 0) is 11.8 Å². The molecule has 0 bridgehead atoms. The van der Waals surface area contributed by atoms with Crippen LogP contribution in [0.4, 0.5) is 0 Å². The van der Waals surface area contributed by atoms with Gasteiger partial charge in [-0.05, 0) is 60.3 Å². The zero-order valence-corrected chi connectivity index (χ0v) is 13.3. The highest BCUT2D eigenvalue weighted by Gasteiger charge is 2.51. The third-order valence-electron chi connectivity index (χ3n) is 6.08. The minimum atomic E-state index is 0.0866. The van der Waals surface area contributed by atoms with Crippen LogP contribution < -0.4 is 4.74 Å². The first-order chi connectivity index (χ1) is 10.1. The zero-order chi connectivity index (χ0) is 15.1. The van der Waals surface area contributed by atoms with E-state index >= 15 is 0 Å². The normalized spacial score (nSPS) is 34.5. The zero-order valence-electron chi connectivity index (χ0n) is 13.3. The van der Waals surface area contributed by atoms with Crippen molar-refractivity contribution in [3.63, 3.8) is 0 Å². The number of fused-ring (bicyclic) bond motifs is 3. The Morgan fingerprint density at radius 2 is 2.05 bits per heavy atom. The summed E-state index contributed by atoms with van der Waals surface area (Å²) in [5.74, 6) is 1.56. The van der Waals surface area contributed by atoms with Gasteiger partial charge in [-0.25, -0.2) is 0 Å². The molecule has 2 aliphatic carbocycles. The molecule has 0 aromatic heterocycles. The first-order valence-corrected chi connectivity index (χ1v) is 8.04. The molecule has 0 aliphatic heterocycles. The van der Waals surface area contributed by atoms with E-state index in [1.165, 1.54) is 36.8 Å². The average molecular weight is 282 g/mol. The fraction of sp³-hybridized carbons (Fsp3) is 0.500. The smallest absolute Gasteiger partial charge is 0.119 e. The molecule has 3 atom stereocenters. The molecular formula is C20H26O. The first kappa shape index (κ1) is 14.4. The van der Waals surface area contributed by atoms with Crippen molar-refractivity contribution in [1.82, 2.24) is 0 Å². The summed E-state index contributed by atoms with van der Waals surface area (Å²) in [5, 5.41) is 0. The molecule has 0 spiro atoms. The molecule has 0 saturated heterocycles. The van der Waals surface area contributed by atoms with E-state index in [9.17, 15) is 0 Å². The minimum Gasteiger partial charge on any atom is -0.497 e. The lowest BCUT2D eigenvalue weighted by Crippen LogP contribution is -2.48. The Hall–Kier alpha value is -1.50. The van der Waals surface area contributed by atoms with Crippen LogP contribution in [0.1, 0.15) is 43.7 Å². The number of methoxy groups -OCH3 is 1. The van der Waals surface area contributed by atoms with E-state index in [0.29, 0.717) is 5.92 Å². The Morgan fingerprint density at radius 1 is 1.24 bits per heavy atom. The number of rotatable bonds is 3. The monoisotopic (exact) mass is 282 g/mol. The number of hydrogen-bond donors (Lipinski definition) is 0. The highest BCUT2D eigenvalue weighted by Crippen LogP contribution is 2.58. The van der Waals surface area contributed by atoms with Crippen LogP contribution in [-0.4, -0.2) is 7.11 Å². The summed E-state index contributed by atoms with van der Waals surface area (Å²) < 4.78 is 5.47. The molecule has 1 aromatic carbocycles. The van der Waals surface area contributed by atoms with E-state index in [2.05, 4.69) is 50.4 Å². The van der Waals surface area contributed by atoms with E-state index in [4.69, 9.17) is 4.74 Å². The van der Waals surface area contributed by atoms with Gasteiger partial charge in [-0.15, -0.1) is 13.2 Å². The molecule has 1 fully saturated rings. The van der Waals surface area contributed by atoms with Crippen LogP contribution in [0.25, 0.3) is 0 Å². The molecule has 0 amide bonds. The third kappa shape index (κ3) is 1.97. The maximum atomic E-state index is 5.47. The second kappa shape index (κ2) is 5.05. The predicted molar refractivity (Wildman–Crippen MR) is 88.8 cm³/mol. The molecular weight excluding hydrogens is 256 g/mol. The predicted octanol–water partition coefficient (Wildman–Crippen LogP) is 5.06. The summed E-state index contributed by atoms with van der Waals surface area (Å²) in [6.07, 6.45) is 10.5. The standard InChI is InChI=1S/C20H26O/c1-5-19(3)12-7-13-20(6-2)17-14-16(21-4)10-8-15(17)9-11-18(19)20/h5-6,8,10,14,18H,1-2,7,9,11-13H2,3-4H3/t18?,19-,20+/m1/s1. The van der Waals surface area contributed by atoms with Gasteiger partial charge in [0.05, 0.1) is 7.11 Å². The Morgan fingerprint density at radius 3 is 2.71 bits per heavy atom. The highest BCUT2D eigenvalue weighted by molar-refractivity contribution is 5.47. The molecule has 1 saturated carbocycles. The van der Waals surface area contributed by atoms with Crippen molar-refractivity contribution in [2.75, 3.05) is 7.11 Å². The van der Waals surface area contributed by atoms with Gasteiger partial charge >= 0.3 is 0 Å². The van der Waals surface area contributed by atoms with Gasteiger partial charge in [-0.1, -0.05) is 31.6 Å². The molecule has 0 radical (unpaired) electrons. The van der Waals surface area contributed by atoms with Crippen LogP contribution in [0.5, 0.6) is 5.75 Å². The summed E-state index contributed by atoms with van der Waals surface area (Å²) in [4.78, 5) is 0. The second-order valence-electron chi connectivity index (χ2n) is 6.92. The molecule has 1 aromatic rings. The lowest BCUT2D eigenvalue weighted by molar-refractivity contribution is 0.0816. The Kier molecular flexibility index (Phi) is 3.47. The van der Waals surface area contributed by atoms with Gasteiger partial charge < -0.3 is 4.74 Å². The van der Waals surface area contributed by atoms with Crippen molar-refractivity contribution in [3.8, 4) is 5.75 Å². The maximum Gasteiger partial charge on any atom is 0.119 e. The Bertz CT molecular complexity index is 573. The van der Waals surface area contributed by atoms with E-state index in [0.717, 1.165) is 12.2 Å². The molecule has 21 heavy (non-hydrogen) atoms. The molecule has 0 N–H and O–H groups in total. The fourth-order valence-electron chi connectivity index (χ4n) is 4.84. The summed E-state index contributed by atoms with van der Waals surface area (Å²) >= 11 is 0. The SMILES string of the molecule is C=C[C@@]12CCC[C@@](C)(C=C)C1CCc1ccc(OC)cc12. The number of benzene rings is 1. The summed E-state index contributed by atoms with van der Waals surface area (Å²) in [6, 6.07) is 6.58. The molecule has 1 nitrogen and oxygen atoms in total. The maximum absolute atomic E-state index is 5.47. The van der Waals surface area contributed by atoms with Crippen molar-refractivity contribution < 1.29 is 4.74 Å². The quantitative estimate of drug-likeness (QED) is 0.704. The largest absolute Gasteiger partial charge is 0.497 e. The van der Waals surface area contributed by atoms with Crippen LogP contribution in [0.15, 0.2) is 43.5 Å². The van der Waals surface area contributed by atoms with Crippen LogP contribution >= 0.6 is 0 Å². The number of allylic oxidation sites excluding steroid dienone is 2. The Labute approximate surface area is 128 Å². The number of ether oxygens (including phenoxy) is 1. The lowest BCUT2D eigenvalue weighted by Gasteiger charge is -2.55. The van der Waals surface area contributed by atoms with Gasteiger partial charge in [0, 0.05) is 5.41 Å². The number of aryl methyl sites for hydroxylation is 1. The third-order valence-corrected chi connectivity index (χ3v) is 6.08. The van der Waals surface area contributed by atoms with E-state index in [1.54, 1.807) is 7.11 Å². The van der Waals surface area contributed by atoms with Crippen molar-refractivity contribution in [3.05, 3.63) is 54.6 Å². The van der Waals surface area contributed by atoms with Gasteiger partial charge in [-0.2, -0.15) is 0 Å². The van der Waals surface area contributed by atoms with Gasteiger partial charge in [0.25, 0.3) is 0 Å². The molecule has 2 aliphatic rings. The van der Waals surface area contributed by atoms with Crippen LogP contribution in [0.2, 0.25) is 0 Å². The first-order valence-electron chi connectivity index (χ1n) is 8.04. The minimum absolute atomic E-state index is 0.0866. The van der Waals surface area contributed by atoms with Gasteiger partial charge in [0.2, 0.25) is 0 Å². The highest BCUT2D eigenvalue weighted by atomic mass is 16.5. The molecule has 112 valence electrons. The molecule has 1 unspecified atom stereocenters. The summed E-state index contributed by atoms with van der Waals surface area (Å²) in [6.45, 7) is 10.8. The average Bonchev–Trinajstić information content (AvgIpc) is 2.54. The molecule has 1 heteroatoms. The van der Waals surface area contributed by atoms with E-state index in [-0.39, 0.29) is 10.8 Å². The van der Waals surface area contributed by atoms with Crippen molar-refractivity contribution in [1.29, 1.82) is 0 Å². The Balaban J connectivity index is 2.18. The van der Waals surface area contributed by atoms with Crippen molar-refractivity contribution in [2.45, 2.75) is 44.4 Å². The van der Waals surface area contributed by atoms with E-state index < -0.39 is 0 Å². The summed E-state index contributed by atoms with van der Waals surface area (Å²) in [7, 11) is 1.75. The fourth-order valence-corrected chi connectivity index (χ4v) is 4.84. The second-order valence-corrected chi connectivity index (χ2v) is 6.92. The van der Waals surface area contributed by atoms with Crippen LogP contribution in [0, 0.1) is 11.3 Å². The van der Waals surface area contributed by atoms with Crippen LogP contribution in [0.3, 0.4) is 0 Å². The molecule has 3 rings (SSSR count). The number of hydrogen-bond acceptors (Lipinski definition) is 1. The van der Waals surface area contributed by atoms with Crippen molar-refractivity contribution >= 4 is 0 Å². The molecule has 0 heterocycles. The lowest BCUT2D eigenvalue weighted by atomic mass is 9.49. The summed E-state index contributed by atoms with van der Waals surface area (Å²) in [5.41, 5.74) is 3.22.